The van der Waals surface area contributed by atoms with Crippen LogP contribution in [0.2, 0.25) is 0 Å². The minimum Gasteiger partial charge on any atom is -0.481 e. The summed E-state index contributed by atoms with van der Waals surface area (Å²) >= 11 is 3.35. The van der Waals surface area contributed by atoms with Gasteiger partial charge in [-0.3, -0.25) is 4.68 Å². The maximum Gasteiger partial charge on any atom is 0.218 e. The molecule has 0 aliphatic heterocycles. The first kappa shape index (κ1) is 11.8. The Morgan fingerprint density at radius 3 is 3.06 bits per heavy atom. The Morgan fingerprint density at radius 1 is 1.47 bits per heavy atom. The van der Waals surface area contributed by atoms with Crippen molar-refractivity contribution in [3.8, 4) is 5.88 Å². The molecule has 0 fully saturated rings. The van der Waals surface area contributed by atoms with Crippen LogP contribution in [0.5, 0.6) is 5.88 Å². The predicted molar refractivity (Wildman–Crippen MR) is 67.0 cm³/mol. The zero-order valence-electron chi connectivity index (χ0n) is 9.30. The van der Waals surface area contributed by atoms with Gasteiger partial charge in [0.05, 0.1) is 24.3 Å². The van der Waals surface area contributed by atoms with Crippen LogP contribution in [0.15, 0.2) is 29.3 Å². The van der Waals surface area contributed by atoms with Crippen LogP contribution in [0.4, 0.5) is 5.82 Å². The van der Waals surface area contributed by atoms with Crippen LogP contribution < -0.4 is 10.1 Å². The summed E-state index contributed by atoms with van der Waals surface area (Å²) in [6.07, 6.45) is 5.14. The molecular weight excluding hydrogens is 286 g/mol. The van der Waals surface area contributed by atoms with Crippen LogP contribution in [0.3, 0.4) is 0 Å². The molecule has 0 aromatic carbocycles. The van der Waals surface area contributed by atoms with Gasteiger partial charge in [-0.05, 0) is 15.9 Å². The molecule has 0 aliphatic rings. The summed E-state index contributed by atoms with van der Waals surface area (Å²) in [4.78, 5) is 8.01. The van der Waals surface area contributed by atoms with Crippen molar-refractivity contribution in [2.45, 2.75) is 6.54 Å². The zero-order chi connectivity index (χ0) is 12.1. The van der Waals surface area contributed by atoms with Gasteiger partial charge in [0, 0.05) is 18.8 Å². The highest BCUT2D eigenvalue weighted by Crippen LogP contribution is 2.10. The van der Waals surface area contributed by atoms with Crippen molar-refractivity contribution in [2.75, 3.05) is 19.0 Å². The summed E-state index contributed by atoms with van der Waals surface area (Å²) in [6, 6.07) is 1.75. The number of halogens is 1. The quantitative estimate of drug-likeness (QED) is 0.907. The van der Waals surface area contributed by atoms with Gasteiger partial charge in [0.1, 0.15) is 12.1 Å². The number of nitrogens with zero attached hydrogens (tertiary/aromatic N) is 4. The van der Waals surface area contributed by atoms with Crippen molar-refractivity contribution in [3.63, 3.8) is 0 Å². The van der Waals surface area contributed by atoms with E-state index in [1.807, 2.05) is 10.9 Å². The second-order valence-corrected chi connectivity index (χ2v) is 4.21. The van der Waals surface area contributed by atoms with E-state index in [0.29, 0.717) is 5.88 Å². The number of aromatic nitrogens is 4. The average molecular weight is 298 g/mol. The topological polar surface area (TPSA) is 64.9 Å². The number of ether oxygens (including phenoxy) is 1. The lowest BCUT2D eigenvalue weighted by Crippen LogP contribution is -2.11. The van der Waals surface area contributed by atoms with E-state index in [-0.39, 0.29) is 0 Å². The SMILES string of the molecule is COc1cc(NCCn2cc(Br)cn2)ncn1. The number of methoxy groups -OCH3 is 1. The van der Waals surface area contributed by atoms with E-state index in [1.165, 1.54) is 6.33 Å². The molecule has 0 unspecified atom stereocenters. The highest BCUT2D eigenvalue weighted by molar-refractivity contribution is 9.10. The number of hydrogen-bond donors (Lipinski definition) is 1. The van der Waals surface area contributed by atoms with Gasteiger partial charge in [0.2, 0.25) is 5.88 Å². The summed E-state index contributed by atoms with van der Waals surface area (Å²) in [6.45, 7) is 1.49. The van der Waals surface area contributed by atoms with E-state index >= 15 is 0 Å². The van der Waals surface area contributed by atoms with Crippen LogP contribution in [0, 0.1) is 0 Å². The number of rotatable bonds is 5. The Morgan fingerprint density at radius 2 is 2.35 bits per heavy atom. The minimum absolute atomic E-state index is 0.546. The highest BCUT2D eigenvalue weighted by Gasteiger charge is 1.98. The van der Waals surface area contributed by atoms with Crippen LogP contribution in [-0.2, 0) is 6.54 Å². The van der Waals surface area contributed by atoms with E-state index < -0.39 is 0 Å². The Labute approximate surface area is 107 Å². The Hall–Kier alpha value is -1.63. The second-order valence-electron chi connectivity index (χ2n) is 3.29. The molecule has 0 bridgehead atoms. The van der Waals surface area contributed by atoms with Gasteiger partial charge < -0.3 is 10.1 Å². The van der Waals surface area contributed by atoms with Gasteiger partial charge >= 0.3 is 0 Å². The summed E-state index contributed by atoms with van der Waals surface area (Å²) in [5, 5.41) is 7.32. The Balaban J connectivity index is 1.85. The first-order valence-electron chi connectivity index (χ1n) is 5.06. The standard InChI is InChI=1S/C10H12BrN5O/c1-17-10-4-9(13-7-14-10)12-2-3-16-6-8(11)5-15-16/h4-7H,2-3H2,1H3,(H,12,13,14). The fourth-order valence-electron chi connectivity index (χ4n) is 1.31. The maximum atomic E-state index is 5.01. The monoisotopic (exact) mass is 297 g/mol. The number of nitrogens with one attached hydrogen (secondary N) is 1. The third-order valence-corrected chi connectivity index (χ3v) is 2.51. The molecule has 0 spiro atoms. The summed E-state index contributed by atoms with van der Waals surface area (Å²) in [7, 11) is 1.58. The molecule has 17 heavy (non-hydrogen) atoms. The maximum absolute atomic E-state index is 5.01. The molecule has 0 radical (unpaired) electrons. The minimum atomic E-state index is 0.546. The van der Waals surface area contributed by atoms with Crippen molar-refractivity contribution in [3.05, 3.63) is 29.3 Å². The van der Waals surface area contributed by atoms with E-state index in [4.69, 9.17) is 4.74 Å². The van der Waals surface area contributed by atoms with Crippen LogP contribution in [0.1, 0.15) is 0 Å². The van der Waals surface area contributed by atoms with Crippen LogP contribution in [0.25, 0.3) is 0 Å². The van der Waals surface area contributed by atoms with E-state index in [1.54, 1.807) is 19.4 Å². The van der Waals surface area contributed by atoms with Crippen LogP contribution in [-0.4, -0.2) is 33.4 Å². The van der Waals surface area contributed by atoms with Crippen molar-refractivity contribution < 1.29 is 4.74 Å². The molecule has 2 aromatic rings. The lowest BCUT2D eigenvalue weighted by molar-refractivity contribution is 0.397. The van der Waals surface area contributed by atoms with Gasteiger partial charge in [-0.15, -0.1) is 0 Å². The molecule has 0 aliphatic carbocycles. The molecule has 2 aromatic heterocycles. The van der Waals surface area contributed by atoms with Crippen molar-refractivity contribution in [1.29, 1.82) is 0 Å². The van der Waals surface area contributed by atoms with Crippen molar-refractivity contribution >= 4 is 21.7 Å². The largest absolute Gasteiger partial charge is 0.481 e. The van der Waals surface area contributed by atoms with E-state index in [0.717, 1.165) is 23.4 Å². The highest BCUT2D eigenvalue weighted by atomic mass is 79.9. The molecule has 0 amide bonds. The number of hydrogen-bond acceptors (Lipinski definition) is 5. The summed E-state index contributed by atoms with van der Waals surface area (Å²) < 4.78 is 7.82. The van der Waals surface area contributed by atoms with Gasteiger partial charge in [0.25, 0.3) is 0 Å². The van der Waals surface area contributed by atoms with E-state index in [2.05, 4.69) is 36.3 Å². The molecule has 7 heteroatoms. The van der Waals surface area contributed by atoms with Gasteiger partial charge in [0.15, 0.2) is 0 Å². The first-order chi connectivity index (χ1) is 8.28. The fourth-order valence-corrected chi connectivity index (χ4v) is 1.63. The summed E-state index contributed by atoms with van der Waals surface area (Å²) in [5.41, 5.74) is 0. The molecule has 1 N–H and O–H groups in total. The Bertz CT molecular complexity index is 487. The molecule has 0 atom stereocenters. The number of anilines is 1. The van der Waals surface area contributed by atoms with Crippen molar-refractivity contribution in [2.24, 2.45) is 0 Å². The lowest BCUT2D eigenvalue weighted by atomic mass is 10.5. The molecule has 90 valence electrons. The molecule has 0 saturated heterocycles. The summed E-state index contributed by atoms with van der Waals surface area (Å²) in [5.74, 6) is 1.28. The lowest BCUT2D eigenvalue weighted by Gasteiger charge is -2.06. The predicted octanol–water partition coefficient (Wildman–Crippen LogP) is 1.56. The fraction of sp³-hybridized carbons (Fsp3) is 0.300. The smallest absolute Gasteiger partial charge is 0.218 e. The third kappa shape index (κ3) is 3.42. The van der Waals surface area contributed by atoms with E-state index in [9.17, 15) is 0 Å². The Kier molecular flexibility index (Phi) is 3.92. The molecule has 0 saturated carbocycles. The van der Waals surface area contributed by atoms with Crippen LogP contribution >= 0.6 is 15.9 Å². The first-order valence-corrected chi connectivity index (χ1v) is 5.85. The molecule has 6 nitrogen and oxygen atoms in total. The zero-order valence-corrected chi connectivity index (χ0v) is 10.9. The van der Waals surface area contributed by atoms with Gasteiger partial charge in [-0.25, -0.2) is 9.97 Å². The molecular formula is C10H12BrN5O. The molecule has 2 rings (SSSR count). The average Bonchev–Trinajstić information content (AvgIpc) is 2.75. The van der Waals surface area contributed by atoms with Gasteiger partial charge in [-0.1, -0.05) is 0 Å². The second kappa shape index (κ2) is 5.62. The molecule has 2 heterocycles. The van der Waals surface area contributed by atoms with Crippen molar-refractivity contribution in [1.82, 2.24) is 19.7 Å². The third-order valence-electron chi connectivity index (χ3n) is 2.10. The normalized spacial score (nSPS) is 10.2. The van der Waals surface area contributed by atoms with Gasteiger partial charge in [-0.2, -0.15) is 5.10 Å².